The molecular weight excluding hydrogens is 258 g/mol. The van der Waals surface area contributed by atoms with Gasteiger partial charge in [0.25, 0.3) is 0 Å². The molecule has 1 fully saturated rings. The highest BCUT2D eigenvalue weighted by Gasteiger charge is 2.26. The van der Waals surface area contributed by atoms with Crippen molar-refractivity contribution >= 4 is 5.91 Å². The van der Waals surface area contributed by atoms with Gasteiger partial charge < -0.3 is 19.5 Å². The van der Waals surface area contributed by atoms with Crippen LogP contribution in [0.1, 0.15) is 11.1 Å². The minimum Gasteiger partial charge on any atom is -0.496 e. The molecule has 1 saturated heterocycles. The van der Waals surface area contributed by atoms with Crippen LogP contribution in [-0.4, -0.2) is 55.4 Å². The number of carbonyl (C=O) groups is 1. The lowest BCUT2D eigenvalue weighted by Gasteiger charge is -2.34. The minimum absolute atomic E-state index is 0.0123. The van der Waals surface area contributed by atoms with Crippen molar-refractivity contribution in [1.29, 1.82) is 0 Å². The third-order valence-electron chi connectivity index (χ3n) is 3.59. The van der Waals surface area contributed by atoms with E-state index in [0.29, 0.717) is 26.2 Å². The molecule has 0 aromatic heterocycles. The fourth-order valence-electron chi connectivity index (χ4n) is 2.38. The van der Waals surface area contributed by atoms with Crippen molar-refractivity contribution < 1.29 is 19.4 Å². The number of ether oxygens (including phenoxy) is 2. The highest BCUT2D eigenvalue weighted by Crippen LogP contribution is 2.20. The molecule has 1 unspecified atom stereocenters. The van der Waals surface area contributed by atoms with E-state index in [0.717, 1.165) is 16.9 Å². The zero-order valence-electron chi connectivity index (χ0n) is 12.0. The number of hydrogen-bond acceptors (Lipinski definition) is 4. The van der Waals surface area contributed by atoms with Crippen molar-refractivity contribution in [3.05, 3.63) is 29.3 Å². The summed E-state index contributed by atoms with van der Waals surface area (Å²) in [4.78, 5) is 14.0. The average molecular weight is 279 g/mol. The van der Waals surface area contributed by atoms with E-state index in [1.807, 2.05) is 25.1 Å². The largest absolute Gasteiger partial charge is 0.496 e. The molecule has 1 aliphatic rings. The third-order valence-corrected chi connectivity index (χ3v) is 3.59. The van der Waals surface area contributed by atoms with Gasteiger partial charge in [-0.1, -0.05) is 12.1 Å². The Morgan fingerprint density at radius 2 is 2.35 bits per heavy atom. The first-order chi connectivity index (χ1) is 9.65. The summed E-state index contributed by atoms with van der Waals surface area (Å²) >= 11 is 0. The second-order valence-electron chi connectivity index (χ2n) is 4.98. The van der Waals surface area contributed by atoms with E-state index >= 15 is 0 Å². The summed E-state index contributed by atoms with van der Waals surface area (Å²) in [6, 6.07) is 5.54. The molecule has 1 aromatic carbocycles. The van der Waals surface area contributed by atoms with Crippen LogP contribution in [0, 0.1) is 6.92 Å². The van der Waals surface area contributed by atoms with Crippen molar-refractivity contribution in [3.8, 4) is 5.75 Å². The van der Waals surface area contributed by atoms with Crippen LogP contribution in [0.15, 0.2) is 18.2 Å². The van der Waals surface area contributed by atoms with Gasteiger partial charge in [-0.15, -0.1) is 0 Å². The number of aliphatic hydroxyl groups excluding tert-OH is 1. The van der Waals surface area contributed by atoms with Crippen LogP contribution in [0.3, 0.4) is 0 Å². The molecule has 20 heavy (non-hydrogen) atoms. The Kier molecular flexibility index (Phi) is 4.98. The number of aliphatic hydroxyl groups is 1. The van der Waals surface area contributed by atoms with Gasteiger partial charge >= 0.3 is 0 Å². The summed E-state index contributed by atoms with van der Waals surface area (Å²) in [6.07, 6.45) is 0.313. The van der Waals surface area contributed by atoms with Crippen molar-refractivity contribution in [2.75, 3.05) is 33.5 Å². The van der Waals surface area contributed by atoms with Gasteiger partial charge in [0.2, 0.25) is 5.91 Å². The third kappa shape index (κ3) is 3.29. The Balaban J connectivity index is 2.06. The molecule has 0 radical (unpaired) electrons. The topological polar surface area (TPSA) is 59.0 Å². The summed E-state index contributed by atoms with van der Waals surface area (Å²) in [5.74, 6) is 0.800. The first-order valence-corrected chi connectivity index (χ1v) is 6.77. The van der Waals surface area contributed by atoms with Crippen molar-refractivity contribution in [3.63, 3.8) is 0 Å². The predicted octanol–water partition coefficient (Wildman–Crippen LogP) is 0.766. The van der Waals surface area contributed by atoms with Crippen molar-refractivity contribution in [2.24, 2.45) is 0 Å². The summed E-state index contributed by atoms with van der Waals surface area (Å²) < 4.78 is 10.6. The summed E-state index contributed by atoms with van der Waals surface area (Å²) in [6.45, 7) is 3.36. The Morgan fingerprint density at radius 3 is 3.05 bits per heavy atom. The normalized spacial score (nSPS) is 18.9. The van der Waals surface area contributed by atoms with Gasteiger partial charge in [0.1, 0.15) is 5.75 Å². The van der Waals surface area contributed by atoms with Crippen LogP contribution in [0.25, 0.3) is 0 Å². The second kappa shape index (κ2) is 6.72. The second-order valence-corrected chi connectivity index (χ2v) is 4.98. The molecule has 5 nitrogen and oxygen atoms in total. The molecule has 1 aromatic rings. The zero-order valence-corrected chi connectivity index (χ0v) is 12.0. The number of carbonyl (C=O) groups excluding carboxylic acids is 1. The molecule has 1 N–H and O–H groups in total. The molecule has 2 rings (SSSR count). The van der Waals surface area contributed by atoms with Gasteiger partial charge in [0.15, 0.2) is 0 Å². The fraction of sp³-hybridized carbons (Fsp3) is 0.533. The number of nitrogens with zero attached hydrogens (tertiary/aromatic N) is 1. The number of hydrogen-bond donors (Lipinski definition) is 1. The van der Waals surface area contributed by atoms with E-state index in [-0.39, 0.29) is 18.6 Å². The highest BCUT2D eigenvalue weighted by atomic mass is 16.5. The maximum absolute atomic E-state index is 12.3. The van der Waals surface area contributed by atoms with Crippen molar-refractivity contribution in [2.45, 2.75) is 19.4 Å². The van der Waals surface area contributed by atoms with E-state index in [2.05, 4.69) is 0 Å². The quantitative estimate of drug-likeness (QED) is 0.884. The van der Waals surface area contributed by atoms with Crippen LogP contribution in [-0.2, 0) is 16.0 Å². The van der Waals surface area contributed by atoms with E-state index in [9.17, 15) is 9.90 Å². The van der Waals surface area contributed by atoms with Crippen LogP contribution in [0.2, 0.25) is 0 Å². The van der Waals surface area contributed by atoms with Gasteiger partial charge in [0.05, 0.1) is 39.4 Å². The minimum atomic E-state index is -0.233. The summed E-state index contributed by atoms with van der Waals surface area (Å²) in [5, 5.41) is 9.30. The lowest BCUT2D eigenvalue weighted by Crippen LogP contribution is -2.51. The zero-order chi connectivity index (χ0) is 14.5. The van der Waals surface area contributed by atoms with E-state index in [1.54, 1.807) is 12.0 Å². The van der Waals surface area contributed by atoms with Gasteiger partial charge in [-0.25, -0.2) is 0 Å². The standard InChI is InChI=1S/C15H21NO4/c1-11-3-4-12(7-14(11)19-2)8-15(18)16-5-6-20-10-13(16)9-17/h3-4,7,13,17H,5-6,8-10H2,1-2H3. The van der Waals surface area contributed by atoms with Gasteiger partial charge in [0, 0.05) is 6.54 Å². The Hall–Kier alpha value is -1.59. The molecule has 1 heterocycles. The van der Waals surface area contributed by atoms with Gasteiger partial charge in [-0.05, 0) is 24.1 Å². The maximum atomic E-state index is 12.3. The first-order valence-electron chi connectivity index (χ1n) is 6.77. The number of benzene rings is 1. The number of aryl methyl sites for hydroxylation is 1. The summed E-state index contributed by atoms with van der Waals surface area (Å²) in [5.41, 5.74) is 1.96. The van der Waals surface area contributed by atoms with Crippen LogP contribution < -0.4 is 4.74 Å². The molecule has 1 aliphatic heterocycles. The number of methoxy groups -OCH3 is 1. The monoisotopic (exact) mass is 279 g/mol. The lowest BCUT2D eigenvalue weighted by molar-refractivity contribution is -0.140. The van der Waals surface area contributed by atoms with E-state index in [1.165, 1.54) is 0 Å². The molecule has 5 heteroatoms. The Bertz CT molecular complexity index is 475. The molecular formula is C15H21NO4. The molecule has 0 bridgehead atoms. The summed E-state index contributed by atoms with van der Waals surface area (Å²) in [7, 11) is 1.62. The molecule has 0 spiro atoms. The fourth-order valence-corrected chi connectivity index (χ4v) is 2.38. The maximum Gasteiger partial charge on any atom is 0.227 e. The molecule has 110 valence electrons. The van der Waals surface area contributed by atoms with Crippen LogP contribution >= 0.6 is 0 Å². The van der Waals surface area contributed by atoms with E-state index < -0.39 is 0 Å². The van der Waals surface area contributed by atoms with Crippen molar-refractivity contribution in [1.82, 2.24) is 4.90 Å². The Labute approximate surface area is 119 Å². The Morgan fingerprint density at radius 1 is 1.55 bits per heavy atom. The smallest absolute Gasteiger partial charge is 0.227 e. The molecule has 0 aliphatic carbocycles. The number of morpholine rings is 1. The lowest BCUT2D eigenvalue weighted by atomic mass is 10.1. The highest BCUT2D eigenvalue weighted by molar-refractivity contribution is 5.79. The average Bonchev–Trinajstić information content (AvgIpc) is 2.49. The van der Waals surface area contributed by atoms with E-state index in [4.69, 9.17) is 9.47 Å². The molecule has 0 saturated carbocycles. The van der Waals surface area contributed by atoms with Crippen LogP contribution in [0.5, 0.6) is 5.75 Å². The molecule has 1 atom stereocenters. The van der Waals surface area contributed by atoms with Gasteiger partial charge in [-0.3, -0.25) is 4.79 Å². The predicted molar refractivity (Wildman–Crippen MR) is 74.8 cm³/mol. The van der Waals surface area contributed by atoms with Gasteiger partial charge in [-0.2, -0.15) is 0 Å². The number of rotatable bonds is 4. The molecule has 1 amide bonds. The SMILES string of the molecule is COc1cc(CC(=O)N2CCOCC2CO)ccc1C. The van der Waals surface area contributed by atoms with Crippen LogP contribution in [0.4, 0.5) is 0 Å². The number of amides is 1. The first kappa shape index (κ1) is 14.8.